The molecule has 0 unspecified atom stereocenters. The fourth-order valence-electron chi connectivity index (χ4n) is 1.58. The molecule has 0 bridgehead atoms. The fourth-order valence-corrected chi connectivity index (χ4v) is 2.39. The summed E-state index contributed by atoms with van der Waals surface area (Å²) < 4.78 is 3.39. The first kappa shape index (κ1) is 13.4. The number of nitrogens with zero attached hydrogens (tertiary/aromatic N) is 4. The van der Waals surface area contributed by atoms with Crippen molar-refractivity contribution in [1.29, 1.82) is 0 Å². The number of nitrogen functional groups attached to an aromatic ring is 4. The van der Waals surface area contributed by atoms with Crippen LogP contribution in [-0.4, -0.2) is 31.1 Å². The number of hydrogen-bond acceptors (Lipinski definition) is 7. The lowest BCUT2D eigenvalue weighted by Gasteiger charge is -2.06. The third-order valence-corrected chi connectivity index (χ3v) is 3.66. The molecule has 8 nitrogen and oxygen atoms in total. The highest BCUT2D eigenvalue weighted by Gasteiger charge is 2.05. The van der Waals surface area contributed by atoms with E-state index in [-0.39, 0.29) is 0 Å². The van der Waals surface area contributed by atoms with Gasteiger partial charge in [0.15, 0.2) is 0 Å². The Morgan fingerprint density at radius 2 is 1.26 bits per heavy atom. The van der Waals surface area contributed by atoms with E-state index < -0.39 is 0 Å². The van der Waals surface area contributed by atoms with Crippen molar-refractivity contribution in [3.63, 3.8) is 0 Å². The third kappa shape index (κ3) is 3.05. The van der Waals surface area contributed by atoms with E-state index in [1.807, 2.05) is 0 Å². The zero-order chi connectivity index (χ0) is 13.8. The highest BCUT2D eigenvalue weighted by molar-refractivity contribution is 7.99. The SMILES string of the molecule is Nc1cnn(CCSCCn2ncc(N)c2N)c1N. The van der Waals surface area contributed by atoms with Crippen LogP contribution >= 0.6 is 11.8 Å². The Labute approximate surface area is 115 Å². The van der Waals surface area contributed by atoms with Gasteiger partial charge in [0.2, 0.25) is 0 Å². The van der Waals surface area contributed by atoms with Crippen molar-refractivity contribution >= 4 is 34.8 Å². The monoisotopic (exact) mass is 282 g/mol. The van der Waals surface area contributed by atoms with Gasteiger partial charge in [-0.15, -0.1) is 0 Å². The molecular formula is C10H18N8S. The van der Waals surface area contributed by atoms with Crippen molar-refractivity contribution in [2.45, 2.75) is 13.1 Å². The zero-order valence-corrected chi connectivity index (χ0v) is 11.3. The van der Waals surface area contributed by atoms with Gasteiger partial charge in [-0.1, -0.05) is 0 Å². The minimum Gasteiger partial charge on any atom is -0.394 e. The van der Waals surface area contributed by atoms with Crippen molar-refractivity contribution in [3.05, 3.63) is 12.4 Å². The molecule has 8 N–H and O–H groups in total. The molecule has 0 fully saturated rings. The van der Waals surface area contributed by atoms with Gasteiger partial charge >= 0.3 is 0 Å². The van der Waals surface area contributed by atoms with Gasteiger partial charge in [0, 0.05) is 11.5 Å². The first-order chi connectivity index (χ1) is 9.09. The second-order valence-corrected chi connectivity index (χ2v) is 5.25. The number of aromatic nitrogens is 4. The number of aryl methyl sites for hydroxylation is 2. The van der Waals surface area contributed by atoms with E-state index >= 15 is 0 Å². The summed E-state index contributed by atoms with van der Waals surface area (Å²) in [5.41, 5.74) is 23.8. The molecular weight excluding hydrogens is 264 g/mol. The molecule has 0 spiro atoms. The number of anilines is 4. The van der Waals surface area contributed by atoms with Crippen LogP contribution in [0, 0.1) is 0 Å². The maximum Gasteiger partial charge on any atom is 0.145 e. The molecule has 0 aliphatic rings. The Morgan fingerprint density at radius 3 is 1.58 bits per heavy atom. The van der Waals surface area contributed by atoms with Crippen molar-refractivity contribution in [2.75, 3.05) is 34.4 Å². The molecule has 0 aliphatic heterocycles. The molecule has 2 aromatic heterocycles. The van der Waals surface area contributed by atoms with Crippen molar-refractivity contribution in [2.24, 2.45) is 0 Å². The van der Waals surface area contributed by atoms with Gasteiger partial charge in [0.1, 0.15) is 11.6 Å². The summed E-state index contributed by atoms with van der Waals surface area (Å²) >= 11 is 1.76. The van der Waals surface area contributed by atoms with E-state index in [4.69, 9.17) is 22.9 Å². The van der Waals surface area contributed by atoms with E-state index in [2.05, 4.69) is 10.2 Å². The van der Waals surface area contributed by atoms with Gasteiger partial charge in [-0.05, 0) is 0 Å². The van der Waals surface area contributed by atoms with Crippen LogP contribution in [0.5, 0.6) is 0 Å². The summed E-state index contributed by atoms with van der Waals surface area (Å²) in [6.45, 7) is 1.45. The van der Waals surface area contributed by atoms with Gasteiger partial charge in [0.05, 0.1) is 36.9 Å². The maximum atomic E-state index is 5.75. The van der Waals surface area contributed by atoms with E-state index in [9.17, 15) is 0 Å². The third-order valence-electron chi connectivity index (χ3n) is 2.71. The van der Waals surface area contributed by atoms with Crippen LogP contribution < -0.4 is 22.9 Å². The molecule has 0 amide bonds. The highest BCUT2D eigenvalue weighted by Crippen LogP contribution is 2.15. The molecule has 0 saturated heterocycles. The molecule has 0 saturated carbocycles. The summed E-state index contributed by atoms with van der Waals surface area (Å²) in [5.74, 6) is 2.82. The lowest BCUT2D eigenvalue weighted by atomic mass is 10.5. The van der Waals surface area contributed by atoms with E-state index in [0.717, 1.165) is 24.6 Å². The Morgan fingerprint density at radius 1 is 0.842 bits per heavy atom. The average molecular weight is 282 g/mol. The molecule has 19 heavy (non-hydrogen) atoms. The van der Waals surface area contributed by atoms with E-state index in [0.29, 0.717) is 23.0 Å². The van der Waals surface area contributed by atoms with Gasteiger partial charge in [-0.3, -0.25) is 0 Å². The smallest absolute Gasteiger partial charge is 0.145 e. The summed E-state index contributed by atoms with van der Waals surface area (Å²) in [6, 6.07) is 0. The van der Waals surface area contributed by atoms with Gasteiger partial charge in [0.25, 0.3) is 0 Å². The molecule has 2 heterocycles. The largest absolute Gasteiger partial charge is 0.394 e. The molecule has 2 rings (SSSR count). The van der Waals surface area contributed by atoms with Crippen LogP contribution in [0.4, 0.5) is 23.0 Å². The quantitative estimate of drug-likeness (QED) is 0.540. The first-order valence-electron chi connectivity index (χ1n) is 5.81. The predicted octanol–water partition coefficient (Wildman–Crippen LogP) is -0.158. The van der Waals surface area contributed by atoms with Gasteiger partial charge in [-0.25, -0.2) is 9.36 Å². The van der Waals surface area contributed by atoms with E-state index in [1.54, 1.807) is 33.5 Å². The summed E-state index contributed by atoms with van der Waals surface area (Å²) in [6.07, 6.45) is 3.13. The second-order valence-electron chi connectivity index (χ2n) is 4.03. The molecule has 104 valence electrons. The summed E-state index contributed by atoms with van der Waals surface area (Å²) in [5, 5.41) is 8.18. The minimum absolute atomic E-state index is 0.518. The summed E-state index contributed by atoms with van der Waals surface area (Å²) in [4.78, 5) is 0. The van der Waals surface area contributed by atoms with Gasteiger partial charge in [-0.2, -0.15) is 22.0 Å². The number of hydrogen-bond donors (Lipinski definition) is 4. The Kier molecular flexibility index (Phi) is 4.05. The topological polar surface area (TPSA) is 140 Å². The first-order valence-corrected chi connectivity index (χ1v) is 6.96. The zero-order valence-electron chi connectivity index (χ0n) is 10.5. The highest BCUT2D eigenvalue weighted by atomic mass is 32.2. The van der Waals surface area contributed by atoms with Crippen LogP contribution in [-0.2, 0) is 13.1 Å². The Hall–Kier alpha value is -2.03. The minimum atomic E-state index is 0.518. The van der Waals surface area contributed by atoms with Crippen LogP contribution in [0.1, 0.15) is 0 Å². The lowest BCUT2D eigenvalue weighted by molar-refractivity contribution is 0.667. The Balaban J connectivity index is 1.70. The van der Waals surface area contributed by atoms with E-state index in [1.165, 1.54) is 0 Å². The molecule has 9 heteroatoms. The molecule has 2 aromatic rings. The fraction of sp³-hybridized carbons (Fsp3) is 0.400. The average Bonchev–Trinajstić information content (AvgIpc) is 2.88. The standard InChI is InChI=1S/C10H18N8S/c11-7-5-15-17(9(7)13)1-3-19-4-2-18-10(14)8(12)6-16-18/h5-6H,1-4,11-14H2. The number of rotatable bonds is 6. The number of thioether (sulfide) groups is 1. The number of nitrogens with two attached hydrogens (primary N) is 4. The van der Waals surface area contributed by atoms with Crippen LogP contribution in [0.15, 0.2) is 12.4 Å². The molecule has 0 aromatic carbocycles. The lowest BCUT2D eigenvalue weighted by Crippen LogP contribution is -2.10. The summed E-state index contributed by atoms with van der Waals surface area (Å²) in [7, 11) is 0. The van der Waals surface area contributed by atoms with Crippen molar-refractivity contribution in [1.82, 2.24) is 19.6 Å². The predicted molar refractivity (Wildman–Crippen MR) is 79.4 cm³/mol. The maximum absolute atomic E-state index is 5.75. The van der Waals surface area contributed by atoms with Gasteiger partial charge < -0.3 is 22.9 Å². The van der Waals surface area contributed by atoms with Crippen LogP contribution in [0.2, 0.25) is 0 Å². The second kappa shape index (κ2) is 5.74. The molecule has 0 aliphatic carbocycles. The van der Waals surface area contributed by atoms with Crippen molar-refractivity contribution < 1.29 is 0 Å². The molecule has 0 radical (unpaired) electrons. The van der Waals surface area contributed by atoms with Crippen molar-refractivity contribution in [3.8, 4) is 0 Å². The molecule has 0 atom stereocenters. The Bertz CT molecular complexity index is 497. The normalized spacial score (nSPS) is 10.9. The van der Waals surface area contributed by atoms with Crippen LogP contribution in [0.3, 0.4) is 0 Å². The van der Waals surface area contributed by atoms with Crippen LogP contribution in [0.25, 0.3) is 0 Å².